The van der Waals surface area contributed by atoms with Gasteiger partial charge >= 0.3 is 0 Å². The van der Waals surface area contributed by atoms with Gasteiger partial charge in [0.05, 0.1) is 13.7 Å². The van der Waals surface area contributed by atoms with Crippen LogP contribution < -0.4 is 4.74 Å². The summed E-state index contributed by atoms with van der Waals surface area (Å²) >= 11 is 0. The maximum absolute atomic E-state index is 10.1. The van der Waals surface area contributed by atoms with Crippen molar-refractivity contribution in [2.45, 2.75) is 24.4 Å². The van der Waals surface area contributed by atoms with Crippen LogP contribution in [-0.2, 0) is 4.74 Å². The topological polar surface area (TPSA) is 79.2 Å². The van der Waals surface area contributed by atoms with Crippen LogP contribution in [0.3, 0.4) is 0 Å². The summed E-state index contributed by atoms with van der Waals surface area (Å²) in [6.45, 7) is -0.326. The van der Waals surface area contributed by atoms with Crippen LogP contribution in [0.4, 0.5) is 0 Å². The van der Waals surface area contributed by atoms with Crippen molar-refractivity contribution in [3.8, 4) is 16.9 Å². The first-order valence-electron chi connectivity index (χ1n) is 7.51. The summed E-state index contributed by atoms with van der Waals surface area (Å²) in [6.07, 6.45) is -3.56. The van der Waals surface area contributed by atoms with E-state index in [0.29, 0.717) is 0 Å². The molecule has 2 aromatic carbocycles. The van der Waals surface area contributed by atoms with E-state index >= 15 is 0 Å². The highest BCUT2D eigenvalue weighted by Gasteiger charge is 2.42. The van der Waals surface area contributed by atoms with E-state index in [0.717, 1.165) is 22.4 Å². The summed E-state index contributed by atoms with van der Waals surface area (Å²) in [5.41, 5.74) is 2.75. The second-order valence-corrected chi connectivity index (χ2v) is 5.61. The van der Waals surface area contributed by atoms with Crippen LogP contribution in [0.15, 0.2) is 48.5 Å². The van der Waals surface area contributed by atoms with Crippen molar-refractivity contribution in [3.63, 3.8) is 0 Å². The minimum absolute atomic E-state index is 0.326. The number of methoxy groups -OCH3 is 1. The molecule has 0 aliphatic carbocycles. The average molecular weight is 316 g/mol. The Kier molecular flexibility index (Phi) is 4.63. The number of aliphatic hydroxyl groups excluding tert-OH is 3. The van der Waals surface area contributed by atoms with Crippen molar-refractivity contribution in [1.29, 1.82) is 0 Å². The summed E-state index contributed by atoms with van der Waals surface area (Å²) in [5, 5.41) is 29.2. The Labute approximate surface area is 134 Å². The largest absolute Gasteiger partial charge is 0.497 e. The summed E-state index contributed by atoms with van der Waals surface area (Å²) in [7, 11) is 1.62. The monoisotopic (exact) mass is 316 g/mol. The molecule has 1 fully saturated rings. The summed E-state index contributed by atoms with van der Waals surface area (Å²) in [5.74, 6) is 0.786. The lowest BCUT2D eigenvalue weighted by molar-refractivity contribution is -0.0227. The molecule has 0 spiro atoms. The molecule has 3 rings (SSSR count). The molecule has 0 saturated carbocycles. The average Bonchev–Trinajstić information content (AvgIpc) is 2.90. The fourth-order valence-corrected chi connectivity index (χ4v) is 2.85. The number of rotatable bonds is 4. The smallest absolute Gasteiger partial charge is 0.118 e. The molecule has 0 unspecified atom stereocenters. The molecule has 0 amide bonds. The Morgan fingerprint density at radius 1 is 1.00 bits per heavy atom. The van der Waals surface area contributed by atoms with E-state index in [1.54, 1.807) is 7.11 Å². The van der Waals surface area contributed by atoms with Gasteiger partial charge in [-0.05, 0) is 34.9 Å². The molecule has 2 aromatic rings. The predicted molar refractivity (Wildman–Crippen MR) is 85.1 cm³/mol. The van der Waals surface area contributed by atoms with Crippen LogP contribution in [0.2, 0.25) is 0 Å². The minimum Gasteiger partial charge on any atom is -0.497 e. The van der Waals surface area contributed by atoms with E-state index in [2.05, 4.69) is 0 Å². The Morgan fingerprint density at radius 2 is 1.74 bits per heavy atom. The Hall–Kier alpha value is -1.92. The molecule has 1 aliphatic rings. The highest BCUT2D eigenvalue weighted by atomic mass is 16.6. The lowest BCUT2D eigenvalue weighted by Crippen LogP contribution is -2.32. The first kappa shape index (κ1) is 16.0. The van der Waals surface area contributed by atoms with Crippen LogP contribution in [0, 0.1) is 0 Å². The van der Waals surface area contributed by atoms with Gasteiger partial charge < -0.3 is 24.8 Å². The zero-order valence-corrected chi connectivity index (χ0v) is 12.8. The quantitative estimate of drug-likeness (QED) is 0.797. The molecule has 0 radical (unpaired) electrons. The van der Waals surface area contributed by atoms with Crippen molar-refractivity contribution < 1.29 is 24.8 Å². The van der Waals surface area contributed by atoms with E-state index < -0.39 is 24.4 Å². The van der Waals surface area contributed by atoms with Gasteiger partial charge in [-0.25, -0.2) is 0 Å². The standard InChI is InChI=1S/C18H20O5/c1-22-14-7-5-11(6-8-14)12-3-2-4-13(9-12)18-17(21)16(20)15(10-19)23-18/h2-9,15-21H,10H2,1H3/t15-,16-,17-,18+/m1/s1. The normalized spacial score (nSPS) is 27.1. The maximum Gasteiger partial charge on any atom is 0.118 e. The number of hydrogen-bond donors (Lipinski definition) is 3. The van der Waals surface area contributed by atoms with Gasteiger partial charge in [-0.1, -0.05) is 30.3 Å². The van der Waals surface area contributed by atoms with Gasteiger partial charge in [0.2, 0.25) is 0 Å². The van der Waals surface area contributed by atoms with Crippen molar-refractivity contribution >= 4 is 0 Å². The third-order valence-corrected chi connectivity index (χ3v) is 4.18. The molecule has 4 atom stereocenters. The molecular formula is C18H20O5. The first-order valence-corrected chi connectivity index (χ1v) is 7.51. The van der Waals surface area contributed by atoms with Gasteiger partial charge in [-0.3, -0.25) is 0 Å². The Balaban J connectivity index is 1.88. The SMILES string of the molecule is COc1ccc(-c2cccc([C@@H]3O[C@H](CO)[C@@H](O)[C@H]3O)c2)cc1. The van der Waals surface area contributed by atoms with Gasteiger partial charge in [0.1, 0.15) is 30.2 Å². The first-order chi connectivity index (χ1) is 11.1. The molecule has 5 nitrogen and oxygen atoms in total. The van der Waals surface area contributed by atoms with Gasteiger partial charge in [0.15, 0.2) is 0 Å². The molecule has 1 saturated heterocycles. The maximum atomic E-state index is 10.1. The predicted octanol–water partition coefficient (Wildman–Crippen LogP) is 1.52. The fraction of sp³-hybridized carbons (Fsp3) is 0.333. The van der Waals surface area contributed by atoms with Crippen LogP contribution >= 0.6 is 0 Å². The summed E-state index contributed by atoms with van der Waals surface area (Å²) in [4.78, 5) is 0. The van der Waals surface area contributed by atoms with Gasteiger partial charge in [-0.2, -0.15) is 0 Å². The lowest BCUT2D eigenvalue weighted by atomic mass is 9.97. The van der Waals surface area contributed by atoms with Crippen molar-refractivity contribution in [2.24, 2.45) is 0 Å². The van der Waals surface area contributed by atoms with E-state index in [-0.39, 0.29) is 6.61 Å². The van der Waals surface area contributed by atoms with Crippen molar-refractivity contribution in [2.75, 3.05) is 13.7 Å². The molecular weight excluding hydrogens is 296 g/mol. The minimum atomic E-state index is -1.09. The highest BCUT2D eigenvalue weighted by molar-refractivity contribution is 5.65. The number of hydrogen-bond acceptors (Lipinski definition) is 5. The molecule has 5 heteroatoms. The van der Waals surface area contributed by atoms with E-state index in [1.165, 1.54) is 0 Å². The molecule has 3 N–H and O–H groups in total. The number of aliphatic hydroxyl groups is 3. The molecule has 122 valence electrons. The van der Waals surface area contributed by atoms with E-state index in [4.69, 9.17) is 9.47 Å². The molecule has 23 heavy (non-hydrogen) atoms. The van der Waals surface area contributed by atoms with E-state index in [1.807, 2.05) is 48.5 Å². The Morgan fingerprint density at radius 3 is 2.35 bits per heavy atom. The fourth-order valence-electron chi connectivity index (χ4n) is 2.85. The highest BCUT2D eigenvalue weighted by Crippen LogP contribution is 2.35. The molecule has 1 aliphatic heterocycles. The third kappa shape index (κ3) is 3.09. The number of benzene rings is 2. The van der Waals surface area contributed by atoms with Crippen molar-refractivity contribution in [1.82, 2.24) is 0 Å². The van der Waals surface area contributed by atoms with Gasteiger partial charge in [0.25, 0.3) is 0 Å². The van der Waals surface area contributed by atoms with Crippen LogP contribution in [0.1, 0.15) is 11.7 Å². The van der Waals surface area contributed by atoms with Gasteiger partial charge in [-0.15, -0.1) is 0 Å². The summed E-state index contributed by atoms with van der Waals surface area (Å²) < 4.78 is 10.7. The second-order valence-electron chi connectivity index (χ2n) is 5.61. The van der Waals surface area contributed by atoms with Crippen LogP contribution in [0.5, 0.6) is 5.75 Å². The Bertz CT molecular complexity index is 655. The van der Waals surface area contributed by atoms with E-state index in [9.17, 15) is 15.3 Å². The zero-order valence-electron chi connectivity index (χ0n) is 12.8. The van der Waals surface area contributed by atoms with Crippen LogP contribution in [0.25, 0.3) is 11.1 Å². The molecule has 0 bridgehead atoms. The molecule has 0 aromatic heterocycles. The van der Waals surface area contributed by atoms with Gasteiger partial charge in [0, 0.05) is 0 Å². The lowest BCUT2D eigenvalue weighted by Gasteiger charge is -2.16. The molecule has 1 heterocycles. The number of ether oxygens (including phenoxy) is 2. The second kappa shape index (κ2) is 6.68. The van der Waals surface area contributed by atoms with Crippen LogP contribution in [-0.4, -0.2) is 47.3 Å². The summed E-state index contributed by atoms with van der Waals surface area (Å²) in [6, 6.07) is 15.3. The zero-order chi connectivity index (χ0) is 16.4. The van der Waals surface area contributed by atoms with Crippen molar-refractivity contribution in [3.05, 3.63) is 54.1 Å². The third-order valence-electron chi connectivity index (χ3n) is 4.18.